The van der Waals surface area contributed by atoms with E-state index in [0.717, 1.165) is 40.2 Å². The maximum Gasteiger partial charge on any atom is 0.235 e. The molecule has 144 valence electrons. The van der Waals surface area contributed by atoms with Crippen molar-refractivity contribution in [1.82, 2.24) is 14.6 Å². The maximum absolute atomic E-state index is 11.0. The molecule has 1 aliphatic heterocycles. The average Bonchev–Trinajstić information content (AvgIpc) is 3.16. The monoisotopic (exact) mass is 405 g/mol. The Hall–Kier alpha value is -1.63. The van der Waals surface area contributed by atoms with Gasteiger partial charge in [0.05, 0.1) is 13.1 Å². The van der Waals surface area contributed by atoms with Gasteiger partial charge in [-0.05, 0) is 18.6 Å². The number of quaternary nitrogens is 1. The zero-order valence-corrected chi connectivity index (χ0v) is 17.5. The number of thiazole rings is 1. The van der Waals surface area contributed by atoms with Gasteiger partial charge in [-0.15, -0.1) is 5.10 Å². The molecule has 27 heavy (non-hydrogen) atoms. The van der Waals surface area contributed by atoms with Gasteiger partial charge in [0, 0.05) is 28.8 Å². The van der Waals surface area contributed by atoms with Crippen LogP contribution in [0.15, 0.2) is 24.3 Å². The molecule has 5 nitrogen and oxygen atoms in total. The molecular weight excluding hydrogens is 380 g/mol. The molecule has 0 amide bonds. The van der Waals surface area contributed by atoms with E-state index < -0.39 is 0 Å². The maximum atomic E-state index is 11.0. The number of fused-ring (bicyclic) bond motifs is 1. The minimum absolute atomic E-state index is 0.0612. The lowest BCUT2D eigenvalue weighted by Gasteiger charge is -2.37. The van der Waals surface area contributed by atoms with Gasteiger partial charge < -0.3 is 10.0 Å². The molecule has 2 N–H and O–H groups in total. The fourth-order valence-corrected chi connectivity index (χ4v) is 5.71. The summed E-state index contributed by atoms with van der Waals surface area (Å²) in [5, 5.41) is 16.2. The number of piperidine rings is 1. The molecular formula is C20H26ClN4OS+. The molecule has 2 aromatic heterocycles. The van der Waals surface area contributed by atoms with E-state index in [0.29, 0.717) is 11.8 Å². The normalized spacial score (nSPS) is 24.4. The molecule has 1 fully saturated rings. The van der Waals surface area contributed by atoms with Crippen molar-refractivity contribution in [2.24, 2.45) is 11.8 Å². The van der Waals surface area contributed by atoms with Gasteiger partial charge in [-0.1, -0.05) is 55.8 Å². The third-order valence-electron chi connectivity index (χ3n) is 5.46. The van der Waals surface area contributed by atoms with Crippen LogP contribution >= 0.6 is 22.9 Å². The summed E-state index contributed by atoms with van der Waals surface area (Å²) in [5.74, 6) is 2.31. The van der Waals surface area contributed by atoms with E-state index in [1.54, 1.807) is 15.9 Å². The van der Waals surface area contributed by atoms with E-state index in [9.17, 15) is 5.11 Å². The quantitative estimate of drug-likeness (QED) is 0.699. The van der Waals surface area contributed by atoms with E-state index >= 15 is 0 Å². The van der Waals surface area contributed by atoms with Gasteiger partial charge in [-0.3, -0.25) is 0 Å². The number of rotatable bonds is 4. The molecule has 3 aromatic rings. The van der Waals surface area contributed by atoms with Crippen LogP contribution in [0.3, 0.4) is 0 Å². The first-order valence-corrected chi connectivity index (χ1v) is 10.8. The molecule has 0 bridgehead atoms. The molecule has 0 aliphatic carbocycles. The number of benzene rings is 1. The molecule has 3 atom stereocenters. The van der Waals surface area contributed by atoms with E-state index in [1.165, 1.54) is 16.9 Å². The van der Waals surface area contributed by atoms with Gasteiger partial charge in [0.1, 0.15) is 4.88 Å². The van der Waals surface area contributed by atoms with Gasteiger partial charge in [0.15, 0.2) is 11.9 Å². The Balaban J connectivity index is 1.81. The van der Waals surface area contributed by atoms with Crippen LogP contribution in [-0.2, 0) is 6.42 Å². The number of nitrogens with one attached hydrogen (secondary N) is 1. The summed E-state index contributed by atoms with van der Waals surface area (Å²) in [6.07, 6.45) is 2.02. The van der Waals surface area contributed by atoms with Crippen molar-refractivity contribution >= 4 is 27.9 Å². The van der Waals surface area contributed by atoms with Crippen LogP contribution in [0.2, 0.25) is 5.02 Å². The highest BCUT2D eigenvalue weighted by atomic mass is 35.5. The van der Waals surface area contributed by atoms with Crippen molar-refractivity contribution in [3.63, 3.8) is 0 Å². The summed E-state index contributed by atoms with van der Waals surface area (Å²) in [7, 11) is 0. The first-order valence-electron chi connectivity index (χ1n) is 9.63. The molecule has 7 heteroatoms. The second kappa shape index (κ2) is 7.41. The zero-order valence-electron chi connectivity index (χ0n) is 15.9. The molecule has 3 heterocycles. The van der Waals surface area contributed by atoms with Crippen LogP contribution in [-0.4, -0.2) is 32.8 Å². The summed E-state index contributed by atoms with van der Waals surface area (Å²) in [6.45, 7) is 8.85. The summed E-state index contributed by atoms with van der Waals surface area (Å²) in [6, 6.07) is 8.09. The Morgan fingerprint density at radius 3 is 2.52 bits per heavy atom. The Bertz CT molecular complexity index is 926. The van der Waals surface area contributed by atoms with Crippen LogP contribution in [0.1, 0.15) is 49.5 Å². The highest BCUT2D eigenvalue weighted by molar-refractivity contribution is 7.17. The van der Waals surface area contributed by atoms with Crippen LogP contribution in [0.4, 0.5) is 0 Å². The molecule has 1 saturated heterocycles. The minimum atomic E-state index is 0.0612. The summed E-state index contributed by atoms with van der Waals surface area (Å²) in [4.78, 5) is 7.74. The Labute approximate surface area is 168 Å². The van der Waals surface area contributed by atoms with Crippen molar-refractivity contribution < 1.29 is 10.0 Å². The van der Waals surface area contributed by atoms with Crippen molar-refractivity contribution in [1.29, 1.82) is 0 Å². The molecule has 1 aromatic carbocycles. The second-order valence-corrected chi connectivity index (χ2v) is 9.31. The highest BCUT2D eigenvalue weighted by Gasteiger charge is 2.37. The van der Waals surface area contributed by atoms with Gasteiger partial charge in [-0.25, -0.2) is 4.98 Å². The largest absolute Gasteiger partial charge is 0.492 e. The summed E-state index contributed by atoms with van der Waals surface area (Å²) >= 11 is 7.68. The van der Waals surface area contributed by atoms with E-state index in [-0.39, 0.29) is 11.9 Å². The van der Waals surface area contributed by atoms with Gasteiger partial charge >= 0.3 is 0 Å². The molecule has 0 spiro atoms. The topological polar surface area (TPSA) is 54.9 Å². The second-order valence-electron chi connectivity index (χ2n) is 7.86. The number of hydrogen-bond acceptors (Lipinski definition) is 4. The SMILES string of the molecule is CCc1nc2sc([C@H](c3ccc(Cl)cc3)[NH+]3C[C@@H](C)C[C@H](C)C3)c(O)n2n1. The number of aryl methyl sites for hydroxylation is 1. The lowest BCUT2D eigenvalue weighted by molar-refractivity contribution is -0.936. The molecule has 0 unspecified atom stereocenters. The lowest BCUT2D eigenvalue weighted by atomic mass is 9.89. The van der Waals surface area contributed by atoms with Crippen LogP contribution in [0.25, 0.3) is 4.96 Å². The Kier molecular flexibility index (Phi) is 5.14. The van der Waals surface area contributed by atoms with Crippen molar-refractivity contribution in [2.45, 2.75) is 39.7 Å². The first-order chi connectivity index (χ1) is 13.0. The molecule has 1 aliphatic rings. The predicted molar refractivity (Wildman–Crippen MR) is 109 cm³/mol. The van der Waals surface area contributed by atoms with Gasteiger partial charge in [0.2, 0.25) is 10.8 Å². The van der Waals surface area contributed by atoms with Crippen LogP contribution in [0, 0.1) is 11.8 Å². The van der Waals surface area contributed by atoms with Crippen LogP contribution in [0.5, 0.6) is 5.88 Å². The summed E-state index contributed by atoms with van der Waals surface area (Å²) in [5.41, 5.74) is 1.17. The van der Waals surface area contributed by atoms with E-state index in [1.807, 2.05) is 19.1 Å². The average molecular weight is 406 g/mol. The zero-order chi connectivity index (χ0) is 19.1. The number of aromatic nitrogens is 3. The lowest BCUT2D eigenvalue weighted by Crippen LogP contribution is -3.14. The predicted octanol–water partition coefficient (Wildman–Crippen LogP) is 3.36. The number of hydrogen-bond donors (Lipinski definition) is 2. The highest BCUT2D eigenvalue weighted by Crippen LogP contribution is 2.36. The Morgan fingerprint density at radius 2 is 1.93 bits per heavy atom. The van der Waals surface area contributed by atoms with Crippen molar-refractivity contribution in [2.75, 3.05) is 13.1 Å². The van der Waals surface area contributed by atoms with E-state index in [2.05, 4.69) is 36.1 Å². The number of likely N-dealkylation sites (tertiary alicyclic amines) is 1. The number of aromatic hydroxyl groups is 1. The Morgan fingerprint density at radius 1 is 1.26 bits per heavy atom. The third-order valence-corrected chi connectivity index (χ3v) is 6.80. The van der Waals surface area contributed by atoms with E-state index in [4.69, 9.17) is 11.6 Å². The van der Waals surface area contributed by atoms with Crippen molar-refractivity contribution in [3.05, 3.63) is 45.6 Å². The first kappa shape index (κ1) is 18.7. The fourth-order valence-electron chi connectivity index (χ4n) is 4.42. The standard InChI is InChI=1S/C20H25ClN4OS/c1-4-16-22-20-25(23-16)19(26)18(27-20)17(14-5-7-15(21)8-6-14)24-10-12(2)9-13(3)11-24/h5-8,12-13,17,26H,4,9-11H2,1-3H3/p+1/t12-,13-,17-/m0/s1. The minimum Gasteiger partial charge on any atom is -0.492 e. The third kappa shape index (κ3) is 3.58. The molecule has 0 saturated carbocycles. The van der Waals surface area contributed by atoms with Crippen molar-refractivity contribution in [3.8, 4) is 5.88 Å². The molecule has 0 radical (unpaired) electrons. The van der Waals surface area contributed by atoms with Gasteiger partial charge in [-0.2, -0.15) is 4.52 Å². The molecule has 4 rings (SSSR count). The number of nitrogens with zero attached hydrogens (tertiary/aromatic N) is 3. The summed E-state index contributed by atoms with van der Waals surface area (Å²) < 4.78 is 1.60. The smallest absolute Gasteiger partial charge is 0.235 e. The number of halogens is 1. The van der Waals surface area contributed by atoms with Gasteiger partial charge in [0.25, 0.3) is 0 Å². The fraction of sp³-hybridized carbons (Fsp3) is 0.500. The van der Waals surface area contributed by atoms with Crippen LogP contribution < -0.4 is 4.90 Å².